The van der Waals surface area contributed by atoms with Crippen LogP contribution in [0, 0.1) is 12.7 Å². The van der Waals surface area contributed by atoms with Crippen molar-refractivity contribution >= 4 is 15.7 Å². The zero-order valence-corrected chi connectivity index (χ0v) is 11.1. The van der Waals surface area contributed by atoms with E-state index in [1.54, 1.807) is 6.92 Å². The van der Waals surface area contributed by atoms with Crippen molar-refractivity contribution in [2.45, 2.75) is 31.3 Å². The predicted octanol–water partition coefficient (Wildman–Crippen LogP) is 0.766. The highest BCUT2D eigenvalue weighted by Crippen LogP contribution is 2.20. The molecule has 0 aliphatic carbocycles. The van der Waals surface area contributed by atoms with Gasteiger partial charge in [0, 0.05) is 17.8 Å². The summed E-state index contributed by atoms with van der Waals surface area (Å²) in [6.07, 6.45) is -0.323. The van der Waals surface area contributed by atoms with Gasteiger partial charge in [0.2, 0.25) is 10.0 Å². The Labute approximate surface area is 106 Å². The van der Waals surface area contributed by atoms with Crippen molar-refractivity contribution in [3.63, 3.8) is 0 Å². The van der Waals surface area contributed by atoms with Gasteiger partial charge in [0.15, 0.2) is 0 Å². The second-order valence-corrected chi connectivity index (χ2v) is 5.92. The molecule has 1 rings (SSSR count). The minimum atomic E-state index is -3.80. The molecule has 0 heterocycles. The van der Waals surface area contributed by atoms with E-state index in [2.05, 4.69) is 4.72 Å². The van der Waals surface area contributed by atoms with Crippen LogP contribution in [-0.2, 0) is 10.0 Å². The van der Waals surface area contributed by atoms with Gasteiger partial charge in [-0.1, -0.05) is 0 Å². The van der Waals surface area contributed by atoms with Crippen LogP contribution in [-0.4, -0.2) is 26.2 Å². The van der Waals surface area contributed by atoms with Crippen LogP contribution in [0.15, 0.2) is 17.0 Å². The van der Waals surface area contributed by atoms with Crippen LogP contribution < -0.4 is 10.5 Å². The van der Waals surface area contributed by atoms with E-state index in [1.165, 1.54) is 13.0 Å². The van der Waals surface area contributed by atoms with E-state index < -0.39 is 21.9 Å². The molecule has 1 aromatic carbocycles. The third kappa shape index (κ3) is 3.66. The predicted molar refractivity (Wildman–Crippen MR) is 67.0 cm³/mol. The van der Waals surface area contributed by atoms with E-state index >= 15 is 0 Å². The van der Waals surface area contributed by atoms with Gasteiger partial charge in [-0.25, -0.2) is 17.5 Å². The molecule has 5 nitrogen and oxygen atoms in total. The number of halogens is 1. The molecule has 0 bridgehead atoms. The lowest BCUT2D eigenvalue weighted by molar-refractivity contribution is 0.186. The van der Waals surface area contributed by atoms with Crippen molar-refractivity contribution < 1.29 is 17.9 Å². The number of aliphatic hydroxyl groups excluding tert-OH is 1. The zero-order chi connectivity index (χ0) is 13.9. The number of hydrogen-bond donors (Lipinski definition) is 3. The van der Waals surface area contributed by atoms with Gasteiger partial charge in [-0.3, -0.25) is 0 Å². The van der Waals surface area contributed by atoms with Crippen molar-refractivity contribution in [2.24, 2.45) is 0 Å². The Morgan fingerprint density at radius 1 is 1.50 bits per heavy atom. The summed E-state index contributed by atoms with van der Waals surface area (Å²) in [7, 11) is -3.80. The fraction of sp³-hybridized carbons (Fsp3) is 0.455. The van der Waals surface area contributed by atoms with Crippen LogP contribution >= 0.6 is 0 Å². The largest absolute Gasteiger partial charge is 0.398 e. The second-order valence-electron chi connectivity index (χ2n) is 4.15. The molecule has 0 spiro atoms. The van der Waals surface area contributed by atoms with Crippen LogP contribution in [0.25, 0.3) is 0 Å². The molecule has 7 heteroatoms. The lowest BCUT2D eigenvalue weighted by Crippen LogP contribution is -2.27. The summed E-state index contributed by atoms with van der Waals surface area (Å²) in [6.45, 7) is 3.11. The van der Waals surface area contributed by atoms with Crippen molar-refractivity contribution in [3.8, 4) is 0 Å². The van der Waals surface area contributed by atoms with Crippen LogP contribution in [0.2, 0.25) is 0 Å². The van der Waals surface area contributed by atoms with Crippen LogP contribution in [0.1, 0.15) is 18.9 Å². The van der Waals surface area contributed by atoms with Gasteiger partial charge in [-0.2, -0.15) is 0 Å². The molecule has 102 valence electrons. The van der Waals surface area contributed by atoms with E-state index in [1.807, 2.05) is 0 Å². The second kappa shape index (κ2) is 5.64. The number of nitrogens with one attached hydrogen (secondary N) is 1. The molecule has 0 aromatic heterocycles. The molecule has 1 unspecified atom stereocenters. The first-order chi connectivity index (χ1) is 8.24. The molecule has 0 saturated heterocycles. The lowest BCUT2D eigenvalue weighted by Gasteiger charge is -2.10. The molecule has 1 aromatic rings. The van der Waals surface area contributed by atoms with Crippen LogP contribution in [0.5, 0.6) is 0 Å². The van der Waals surface area contributed by atoms with E-state index in [-0.39, 0.29) is 29.1 Å². The SMILES string of the molecule is Cc1c(N)cc(S(=O)(=O)NCCC(C)O)cc1F. The summed E-state index contributed by atoms with van der Waals surface area (Å²) in [5.41, 5.74) is 5.83. The first-order valence-corrected chi connectivity index (χ1v) is 6.95. The molecule has 0 saturated carbocycles. The Kier molecular flexibility index (Phi) is 4.66. The number of anilines is 1. The summed E-state index contributed by atoms with van der Waals surface area (Å²) in [5, 5.41) is 9.03. The Balaban J connectivity index is 2.92. The highest BCUT2D eigenvalue weighted by molar-refractivity contribution is 7.89. The number of hydrogen-bond acceptors (Lipinski definition) is 4. The molecular formula is C11H17FN2O3S. The smallest absolute Gasteiger partial charge is 0.240 e. The zero-order valence-electron chi connectivity index (χ0n) is 10.3. The van der Waals surface area contributed by atoms with E-state index in [9.17, 15) is 12.8 Å². The number of rotatable bonds is 5. The third-order valence-electron chi connectivity index (χ3n) is 2.52. The topological polar surface area (TPSA) is 92.4 Å². The maximum Gasteiger partial charge on any atom is 0.240 e. The van der Waals surface area contributed by atoms with Gasteiger partial charge in [0.1, 0.15) is 5.82 Å². The first kappa shape index (κ1) is 14.9. The summed E-state index contributed by atoms with van der Waals surface area (Å²) < 4.78 is 39.3. The van der Waals surface area contributed by atoms with E-state index in [4.69, 9.17) is 10.8 Å². The normalized spacial score (nSPS) is 13.6. The molecule has 4 N–H and O–H groups in total. The molecular weight excluding hydrogens is 259 g/mol. The quantitative estimate of drug-likeness (QED) is 0.692. The van der Waals surface area contributed by atoms with Gasteiger partial charge >= 0.3 is 0 Å². The maximum absolute atomic E-state index is 13.4. The lowest BCUT2D eigenvalue weighted by atomic mass is 10.2. The monoisotopic (exact) mass is 276 g/mol. The number of sulfonamides is 1. The van der Waals surface area contributed by atoms with Crippen molar-refractivity contribution in [3.05, 3.63) is 23.5 Å². The van der Waals surface area contributed by atoms with Crippen molar-refractivity contribution in [2.75, 3.05) is 12.3 Å². The van der Waals surface area contributed by atoms with Crippen molar-refractivity contribution in [1.29, 1.82) is 0 Å². The summed E-state index contributed by atoms with van der Waals surface area (Å²) in [5.74, 6) is -0.661. The van der Waals surface area contributed by atoms with Gasteiger partial charge in [-0.05, 0) is 32.4 Å². The molecule has 1 atom stereocenters. The molecule has 0 fully saturated rings. The average molecular weight is 276 g/mol. The number of nitrogens with two attached hydrogens (primary N) is 1. The molecule has 0 aliphatic heterocycles. The van der Waals surface area contributed by atoms with Gasteiger partial charge in [-0.15, -0.1) is 0 Å². The highest BCUT2D eigenvalue weighted by Gasteiger charge is 2.17. The van der Waals surface area contributed by atoms with Crippen molar-refractivity contribution in [1.82, 2.24) is 4.72 Å². The summed E-state index contributed by atoms with van der Waals surface area (Å²) in [6, 6.07) is 2.14. The first-order valence-electron chi connectivity index (χ1n) is 5.47. The van der Waals surface area contributed by atoms with Crippen LogP contribution in [0.3, 0.4) is 0 Å². The van der Waals surface area contributed by atoms with Gasteiger partial charge in [0.25, 0.3) is 0 Å². The van der Waals surface area contributed by atoms with E-state index in [0.29, 0.717) is 0 Å². The Morgan fingerprint density at radius 2 is 2.11 bits per heavy atom. The number of benzene rings is 1. The third-order valence-corrected chi connectivity index (χ3v) is 3.96. The minimum Gasteiger partial charge on any atom is -0.398 e. The molecule has 0 aliphatic rings. The highest BCUT2D eigenvalue weighted by atomic mass is 32.2. The number of nitrogen functional groups attached to an aromatic ring is 1. The van der Waals surface area contributed by atoms with E-state index in [0.717, 1.165) is 6.07 Å². The maximum atomic E-state index is 13.4. The Morgan fingerprint density at radius 3 is 2.61 bits per heavy atom. The van der Waals surface area contributed by atoms with Gasteiger partial charge in [0.05, 0.1) is 11.0 Å². The average Bonchev–Trinajstić information content (AvgIpc) is 2.24. The fourth-order valence-corrected chi connectivity index (χ4v) is 2.41. The summed E-state index contributed by atoms with van der Waals surface area (Å²) >= 11 is 0. The fourth-order valence-electron chi connectivity index (χ4n) is 1.31. The summed E-state index contributed by atoms with van der Waals surface area (Å²) in [4.78, 5) is -0.214. The van der Waals surface area contributed by atoms with Crippen LogP contribution in [0.4, 0.5) is 10.1 Å². The molecule has 0 radical (unpaired) electrons. The van der Waals surface area contributed by atoms with Gasteiger partial charge < -0.3 is 10.8 Å². The molecule has 0 amide bonds. The Bertz CT molecular complexity index is 506. The number of aliphatic hydroxyl groups is 1. The standard InChI is InChI=1S/C11H17FN2O3S/c1-7(15)3-4-14-18(16,17)9-5-10(12)8(2)11(13)6-9/h5-7,14-15H,3-4,13H2,1-2H3. The molecule has 18 heavy (non-hydrogen) atoms. The Hall–Kier alpha value is -1.18. The minimum absolute atomic E-state index is 0.0788.